The zero-order chi connectivity index (χ0) is 18.3. The summed E-state index contributed by atoms with van der Waals surface area (Å²) in [7, 11) is 0. The largest absolute Gasteiger partial charge is 0.394 e. The number of nitrogens with one attached hydrogen (secondary N) is 2. The lowest BCUT2D eigenvalue weighted by atomic mass is 9.85. The van der Waals surface area contributed by atoms with E-state index < -0.39 is 6.04 Å². The third-order valence-electron chi connectivity index (χ3n) is 4.43. The van der Waals surface area contributed by atoms with E-state index in [1.165, 1.54) is 5.56 Å². The van der Waals surface area contributed by atoms with Crippen molar-refractivity contribution in [3.8, 4) is 0 Å². The van der Waals surface area contributed by atoms with Crippen LogP contribution in [0.15, 0.2) is 48.8 Å². The Morgan fingerprint density at radius 2 is 1.80 bits per heavy atom. The Kier molecular flexibility index (Phi) is 6.53. The number of amides is 2. The van der Waals surface area contributed by atoms with Gasteiger partial charge in [0.05, 0.1) is 12.6 Å². The summed E-state index contributed by atoms with van der Waals surface area (Å²) in [5.41, 5.74) is 3.02. The number of aliphatic hydroxyl groups is 1. The smallest absolute Gasteiger partial charge is 0.315 e. The van der Waals surface area contributed by atoms with Gasteiger partial charge >= 0.3 is 6.03 Å². The van der Waals surface area contributed by atoms with E-state index in [9.17, 15) is 9.90 Å². The van der Waals surface area contributed by atoms with Crippen molar-refractivity contribution in [3.05, 3.63) is 65.5 Å². The molecule has 0 radical (unpaired) electrons. The summed E-state index contributed by atoms with van der Waals surface area (Å²) in [6.07, 6.45) is 4.46. The minimum absolute atomic E-state index is 0.146. The lowest BCUT2D eigenvalue weighted by molar-refractivity contribution is 0.215. The third kappa shape index (κ3) is 5.29. The third-order valence-corrected chi connectivity index (χ3v) is 4.43. The molecule has 1 heterocycles. The first-order valence-corrected chi connectivity index (χ1v) is 8.61. The molecule has 0 spiro atoms. The average molecular weight is 341 g/mol. The van der Waals surface area contributed by atoms with Gasteiger partial charge in [-0.1, -0.05) is 45.0 Å². The molecule has 0 aliphatic carbocycles. The zero-order valence-electron chi connectivity index (χ0n) is 15.1. The van der Waals surface area contributed by atoms with Crippen LogP contribution in [0, 0.1) is 0 Å². The highest BCUT2D eigenvalue weighted by Gasteiger charge is 2.22. The molecule has 25 heavy (non-hydrogen) atoms. The molecule has 0 aliphatic heterocycles. The van der Waals surface area contributed by atoms with E-state index in [1.807, 2.05) is 36.4 Å². The van der Waals surface area contributed by atoms with Crippen molar-refractivity contribution in [3.63, 3.8) is 0 Å². The maximum Gasteiger partial charge on any atom is 0.315 e. The second-order valence-corrected chi connectivity index (χ2v) is 6.78. The second kappa shape index (κ2) is 8.62. The van der Waals surface area contributed by atoms with E-state index in [4.69, 9.17) is 0 Å². The number of aromatic nitrogens is 1. The fraction of sp³-hybridized carbons (Fsp3) is 0.400. The van der Waals surface area contributed by atoms with Crippen molar-refractivity contribution in [2.75, 3.05) is 13.2 Å². The lowest BCUT2D eigenvalue weighted by Gasteiger charge is -2.26. The van der Waals surface area contributed by atoms with Gasteiger partial charge in [-0.15, -0.1) is 0 Å². The Labute approximate surface area is 149 Å². The van der Waals surface area contributed by atoms with Gasteiger partial charge in [0.25, 0.3) is 0 Å². The van der Waals surface area contributed by atoms with Crippen LogP contribution in [0.1, 0.15) is 43.5 Å². The molecule has 2 rings (SSSR count). The molecule has 3 N–H and O–H groups in total. The molecular formula is C20H27N3O2. The van der Waals surface area contributed by atoms with Crippen molar-refractivity contribution < 1.29 is 9.90 Å². The molecular weight excluding hydrogens is 314 g/mol. The van der Waals surface area contributed by atoms with E-state index >= 15 is 0 Å². The van der Waals surface area contributed by atoms with Crippen LogP contribution < -0.4 is 10.6 Å². The molecule has 1 aromatic heterocycles. The number of carbonyl (C=O) groups excluding carboxylic acids is 1. The fourth-order valence-corrected chi connectivity index (χ4v) is 2.64. The molecule has 134 valence electrons. The van der Waals surface area contributed by atoms with Gasteiger partial charge in [0.1, 0.15) is 0 Å². The summed E-state index contributed by atoms with van der Waals surface area (Å²) in [4.78, 5) is 16.3. The van der Waals surface area contributed by atoms with Gasteiger partial charge in [0, 0.05) is 24.4 Å². The number of pyridine rings is 1. The van der Waals surface area contributed by atoms with E-state index in [1.54, 1.807) is 12.4 Å². The minimum Gasteiger partial charge on any atom is -0.394 e. The van der Waals surface area contributed by atoms with Crippen LogP contribution in [0.2, 0.25) is 0 Å². The summed E-state index contributed by atoms with van der Waals surface area (Å²) in [6, 6.07) is 11.1. The molecule has 0 aliphatic rings. The van der Waals surface area contributed by atoms with Crippen molar-refractivity contribution in [1.82, 2.24) is 15.6 Å². The summed E-state index contributed by atoms with van der Waals surface area (Å²) in [5.74, 6) is 0. The topological polar surface area (TPSA) is 74.2 Å². The first-order valence-electron chi connectivity index (χ1n) is 8.61. The lowest BCUT2D eigenvalue weighted by Crippen LogP contribution is -2.44. The maximum absolute atomic E-state index is 12.2. The SMILES string of the molecule is CCc1ccc(C(CO)NC(=O)NCC(C)(C)c2ccncc2)cc1. The molecule has 5 nitrogen and oxygen atoms in total. The molecule has 2 aromatic rings. The van der Waals surface area contributed by atoms with Gasteiger partial charge in [0.2, 0.25) is 0 Å². The van der Waals surface area contributed by atoms with Crippen LogP contribution in [0.25, 0.3) is 0 Å². The number of benzene rings is 1. The molecule has 1 atom stereocenters. The molecule has 0 bridgehead atoms. The summed E-state index contributed by atoms with van der Waals surface area (Å²) in [5, 5.41) is 15.3. The van der Waals surface area contributed by atoms with E-state index in [0.29, 0.717) is 6.54 Å². The number of aryl methyl sites for hydroxylation is 1. The Morgan fingerprint density at radius 1 is 1.16 bits per heavy atom. The van der Waals surface area contributed by atoms with Crippen molar-refractivity contribution >= 4 is 6.03 Å². The zero-order valence-corrected chi connectivity index (χ0v) is 15.1. The molecule has 5 heteroatoms. The highest BCUT2D eigenvalue weighted by molar-refractivity contribution is 5.74. The monoisotopic (exact) mass is 341 g/mol. The highest BCUT2D eigenvalue weighted by atomic mass is 16.3. The molecule has 1 unspecified atom stereocenters. The number of hydrogen-bond acceptors (Lipinski definition) is 3. The average Bonchev–Trinajstić information content (AvgIpc) is 2.65. The quantitative estimate of drug-likeness (QED) is 0.725. The molecule has 1 aromatic carbocycles. The Hall–Kier alpha value is -2.40. The first kappa shape index (κ1) is 18.9. The van der Waals surface area contributed by atoms with Gasteiger partial charge in [-0.05, 0) is 35.2 Å². The van der Waals surface area contributed by atoms with Gasteiger partial charge in [-0.25, -0.2) is 4.79 Å². The van der Waals surface area contributed by atoms with Crippen molar-refractivity contribution in [2.24, 2.45) is 0 Å². The molecule has 0 saturated carbocycles. The van der Waals surface area contributed by atoms with Crippen LogP contribution in [-0.2, 0) is 11.8 Å². The van der Waals surface area contributed by atoms with Crippen LogP contribution >= 0.6 is 0 Å². The maximum atomic E-state index is 12.2. The summed E-state index contributed by atoms with van der Waals surface area (Å²) in [6.45, 7) is 6.56. The van der Waals surface area contributed by atoms with E-state index in [-0.39, 0.29) is 18.1 Å². The predicted octanol–water partition coefficient (Wildman–Crippen LogP) is 2.95. The van der Waals surface area contributed by atoms with Crippen LogP contribution in [-0.4, -0.2) is 29.3 Å². The van der Waals surface area contributed by atoms with Crippen LogP contribution in [0.3, 0.4) is 0 Å². The van der Waals surface area contributed by atoms with Gasteiger partial charge in [0.15, 0.2) is 0 Å². The Bertz CT molecular complexity index is 669. The Balaban J connectivity index is 1.93. The standard InChI is InChI=1S/C20H27N3O2/c1-4-15-5-7-16(8-6-15)18(13-24)23-19(25)22-14-20(2,3)17-9-11-21-12-10-17/h5-12,18,24H,4,13-14H2,1-3H3,(H2,22,23,25). The number of hydrogen-bond donors (Lipinski definition) is 3. The van der Waals surface area contributed by atoms with Crippen LogP contribution in [0.4, 0.5) is 4.79 Å². The number of carbonyl (C=O) groups is 1. The predicted molar refractivity (Wildman–Crippen MR) is 99.4 cm³/mol. The Morgan fingerprint density at radius 3 is 2.36 bits per heavy atom. The number of rotatable bonds is 7. The van der Waals surface area contributed by atoms with Crippen molar-refractivity contribution in [1.29, 1.82) is 0 Å². The fourth-order valence-electron chi connectivity index (χ4n) is 2.64. The van der Waals surface area contributed by atoms with Gasteiger partial charge in [-0.3, -0.25) is 4.98 Å². The van der Waals surface area contributed by atoms with E-state index in [2.05, 4.69) is 36.4 Å². The summed E-state index contributed by atoms with van der Waals surface area (Å²) < 4.78 is 0. The van der Waals surface area contributed by atoms with Crippen LogP contribution in [0.5, 0.6) is 0 Å². The van der Waals surface area contributed by atoms with E-state index in [0.717, 1.165) is 17.5 Å². The number of urea groups is 1. The minimum atomic E-state index is -0.421. The van der Waals surface area contributed by atoms with Gasteiger partial charge < -0.3 is 15.7 Å². The van der Waals surface area contributed by atoms with Gasteiger partial charge in [-0.2, -0.15) is 0 Å². The molecule has 0 saturated heterocycles. The first-order chi connectivity index (χ1) is 12.0. The molecule has 0 fully saturated rings. The normalized spacial score (nSPS) is 12.5. The number of nitrogens with zero attached hydrogens (tertiary/aromatic N) is 1. The summed E-state index contributed by atoms with van der Waals surface area (Å²) >= 11 is 0. The second-order valence-electron chi connectivity index (χ2n) is 6.78. The molecule has 2 amide bonds. The van der Waals surface area contributed by atoms with Crippen molar-refractivity contribution in [2.45, 2.75) is 38.6 Å². The number of aliphatic hydroxyl groups excluding tert-OH is 1. The highest BCUT2D eigenvalue weighted by Crippen LogP contribution is 2.21.